The monoisotopic (exact) mass is 348 g/mol. The highest BCUT2D eigenvalue weighted by atomic mass is 16.5. The number of ether oxygens (including phenoxy) is 1. The zero-order chi connectivity index (χ0) is 17.6. The van der Waals surface area contributed by atoms with Crippen molar-refractivity contribution in [3.8, 4) is 0 Å². The van der Waals surface area contributed by atoms with E-state index in [1.54, 1.807) is 0 Å². The Bertz CT molecular complexity index is 394. The molecule has 0 N–H and O–H groups in total. The number of esters is 1. The first-order valence-corrected chi connectivity index (χ1v) is 11.3. The van der Waals surface area contributed by atoms with Gasteiger partial charge in [-0.1, -0.05) is 32.6 Å². The number of methoxy groups -OCH3 is 1. The van der Waals surface area contributed by atoms with Gasteiger partial charge in [0.2, 0.25) is 0 Å². The van der Waals surface area contributed by atoms with Crippen molar-refractivity contribution in [2.24, 2.45) is 35.5 Å². The first kappa shape index (κ1) is 19.2. The van der Waals surface area contributed by atoms with Crippen molar-refractivity contribution in [1.29, 1.82) is 0 Å². The molecule has 0 unspecified atom stereocenters. The van der Waals surface area contributed by atoms with E-state index in [1.165, 1.54) is 84.2 Å². The second kappa shape index (κ2) is 9.42. The Kier molecular flexibility index (Phi) is 7.25. The summed E-state index contributed by atoms with van der Waals surface area (Å²) in [5, 5.41) is 0. The normalized spacial score (nSPS) is 39.8. The minimum Gasteiger partial charge on any atom is -0.469 e. The molecule has 0 aliphatic heterocycles. The van der Waals surface area contributed by atoms with E-state index in [9.17, 15) is 4.79 Å². The van der Waals surface area contributed by atoms with E-state index in [0.29, 0.717) is 0 Å². The van der Waals surface area contributed by atoms with E-state index in [0.717, 1.165) is 42.4 Å². The van der Waals surface area contributed by atoms with Crippen LogP contribution in [0.4, 0.5) is 0 Å². The predicted octanol–water partition coefficient (Wildman–Crippen LogP) is 6.38. The fourth-order valence-electron chi connectivity index (χ4n) is 6.44. The molecule has 0 aromatic carbocycles. The van der Waals surface area contributed by atoms with Gasteiger partial charge in [0.05, 0.1) is 13.0 Å². The molecule has 3 saturated carbocycles. The molecule has 3 aliphatic rings. The third-order valence-corrected chi connectivity index (χ3v) is 8.04. The minimum atomic E-state index is 0.0285. The van der Waals surface area contributed by atoms with E-state index in [1.807, 2.05) is 0 Å². The summed E-state index contributed by atoms with van der Waals surface area (Å²) in [6, 6.07) is 0. The summed E-state index contributed by atoms with van der Waals surface area (Å²) in [6.07, 6.45) is 19.5. The van der Waals surface area contributed by atoms with Crippen LogP contribution in [0.3, 0.4) is 0 Å². The number of hydrogen-bond acceptors (Lipinski definition) is 2. The lowest BCUT2D eigenvalue weighted by Gasteiger charge is -2.41. The highest BCUT2D eigenvalue weighted by molar-refractivity contribution is 5.72. The third-order valence-electron chi connectivity index (χ3n) is 8.04. The van der Waals surface area contributed by atoms with Crippen LogP contribution in [0.1, 0.15) is 96.8 Å². The predicted molar refractivity (Wildman–Crippen MR) is 103 cm³/mol. The van der Waals surface area contributed by atoms with Crippen molar-refractivity contribution >= 4 is 5.97 Å². The molecule has 25 heavy (non-hydrogen) atoms. The summed E-state index contributed by atoms with van der Waals surface area (Å²) in [5.74, 6) is 5.18. The Labute approximate surface area is 155 Å². The van der Waals surface area contributed by atoms with Gasteiger partial charge in [0, 0.05) is 0 Å². The molecule has 3 aliphatic carbocycles. The second-order valence-corrected chi connectivity index (χ2v) is 9.38. The zero-order valence-corrected chi connectivity index (χ0v) is 16.7. The Balaban J connectivity index is 1.37. The molecule has 3 fully saturated rings. The van der Waals surface area contributed by atoms with Crippen molar-refractivity contribution in [3.05, 3.63) is 0 Å². The topological polar surface area (TPSA) is 26.3 Å². The van der Waals surface area contributed by atoms with E-state index in [2.05, 4.69) is 6.92 Å². The molecule has 144 valence electrons. The SMILES string of the molecule is CCC[C@H]1CC[C@H](C2CCC([C@H]3CC[C@@H](C(=O)OC)CC3)CC2)CC1. The van der Waals surface area contributed by atoms with Gasteiger partial charge < -0.3 is 4.74 Å². The average Bonchev–Trinajstić information content (AvgIpc) is 2.68. The first-order valence-electron chi connectivity index (χ1n) is 11.3. The molecule has 0 heterocycles. The Hall–Kier alpha value is -0.530. The molecule has 2 nitrogen and oxygen atoms in total. The van der Waals surface area contributed by atoms with Crippen LogP contribution in [0.2, 0.25) is 0 Å². The number of carbonyl (C=O) groups excluding carboxylic acids is 1. The molecule has 0 atom stereocenters. The maximum absolute atomic E-state index is 11.7. The summed E-state index contributed by atoms with van der Waals surface area (Å²) >= 11 is 0. The number of rotatable bonds is 5. The molecule has 0 aromatic rings. The molecular formula is C23H40O2. The van der Waals surface area contributed by atoms with E-state index in [4.69, 9.17) is 4.74 Å². The maximum Gasteiger partial charge on any atom is 0.308 e. The molecule has 0 aromatic heterocycles. The number of carbonyl (C=O) groups is 1. The second-order valence-electron chi connectivity index (χ2n) is 9.38. The third kappa shape index (κ3) is 5.01. The number of hydrogen-bond donors (Lipinski definition) is 0. The lowest BCUT2D eigenvalue weighted by atomic mass is 9.65. The van der Waals surface area contributed by atoms with Crippen LogP contribution in [0.15, 0.2) is 0 Å². The quantitative estimate of drug-likeness (QED) is 0.539. The van der Waals surface area contributed by atoms with Crippen molar-refractivity contribution in [2.75, 3.05) is 7.11 Å². The Morgan fingerprint density at radius 3 is 1.52 bits per heavy atom. The fraction of sp³-hybridized carbons (Fsp3) is 0.957. The van der Waals surface area contributed by atoms with Crippen LogP contribution in [0, 0.1) is 35.5 Å². The van der Waals surface area contributed by atoms with Gasteiger partial charge in [0.1, 0.15) is 0 Å². The van der Waals surface area contributed by atoms with Crippen molar-refractivity contribution < 1.29 is 9.53 Å². The van der Waals surface area contributed by atoms with E-state index in [-0.39, 0.29) is 11.9 Å². The fourth-order valence-corrected chi connectivity index (χ4v) is 6.44. The summed E-state index contributed by atoms with van der Waals surface area (Å²) < 4.78 is 4.94. The summed E-state index contributed by atoms with van der Waals surface area (Å²) in [4.78, 5) is 11.7. The molecule has 0 saturated heterocycles. The van der Waals surface area contributed by atoms with Gasteiger partial charge in [-0.05, 0) is 93.8 Å². The Morgan fingerprint density at radius 1 is 0.720 bits per heavy atom. The minimum absolute atomic E-state index is 0.0285. The van der Waals surface area contributed by atoms with Gasteiger partial charge in [-0.2, -0.15) is 0 Å². The maximum atomic E-state index is 11.7. The largest absolute Gasteiger partial charge is 0.469 e. The van der Waals surface area contributed by atoms with Crippen LogP contribution >= 0.6 is 0 Å². The summed E-state index contributed by atoms with van der Waals surface area (Å²) in [7, 11) is 1.53. The molecule has 0 amide bonds. The van der Waals surface area contributed by atoms with Gasteiger partial charge in [0.15, 0.2) is 0 Å². The Morgan fingerprint density at radius 2 is 1.12 bits per heavy atom. The van der Waals surface area contributed by atoms with Crippen molar-refractivity contribution in [2.45, 2.75) is 96.8 Å². The van der Waals surface area contributed by atoms with Gasteiger partial charge in [-0.15, -0.1) is 0 Å². The molecule has 3 rings (SSSR count). The smallest absolute Gasteiger partial charge is 0.308 e. The zero-order valence-electron chi connectivity index (χ0n) is 16.7. The molecular weight excluding hydrogens is 308 g/mol. The van der Waals surface area contributed by atoms with Gasteiger partial charge >= 0.3 is 5.97 Å². The van der Waals surface area contributed by atoms with Gasteiger partial charge in [-0.25, -0.2) is 0 Å². The first-order chi connectivity index (χ1) is 12.2. The summed E-state index contributed by atoms with van der Waals surface area (Å²) in [5.41, 5.74) is 0. The van der Waals surface area contributed by atoms with E-state index < -0.39 is 0 Å². The van der Waals surface area contributed by atoms with Gasteiger partial charge in [-0.3, -0.25) is 4.79 Å². The molecule has 0 spiro atoms. The van der Waals surface area contributed by atoms with Crippen LogP contribution in [-0.2, 0) is 9.53 Å². The average molecular weight is 349 g/mol. The molecule has 0 bridgehead atoms. The standard InChI is InChI=1S/C23H40O2/c1-3-4-17-5-7-18(8-6-17)19-9-11-20(12-10-19)21-13-15-22(16-14-21)23(24)25-2/h17-22H,3-16H2,1-2H3/t17-,18-,19?,20?,21-,22+. The van der Waals surface area contributed by atoms with Crippen molar-refractivity contribution in [3.63, 3.8) is 0 Å². The van der Waals surface area contributed by atoms with Crippen molar-refractivity contribution in [1.82, 2.24) is 0 Å². The van der Waals surface area contributed by atoms with Crippen LogP contribution < -0.4 is 0 Å². The molecule has 0 radical (unpaired) electrons. The van der Waals surface area contributed by atoms with E-state index >= 15 is 0 Å². The highest BCUT2D eigenvalue weighted by Crippen LogP contribution is 2.46. The molecule has 2 heteroatoms. The van der Waals surface area contributed by atoms with Crippen LogP contribution in [-0.4, -0.2) is 13.1 Å². The highest BCUT2D eigenvalue weighted by Gasteiger charge is 2.35. The van der Waals surface area contributed by atoms with Crippen LogP contribution in [0.25, 0.3) is 0 Å². The lowest BCUT2D eigenvalue weighted by Crippen LogP contribution is -2.31. The lowest BCUT2D eigenvalue weighted by molar-refractivity contribution is -0.147. The van der Waals surface area contributed by atoms with Crippen LogP contribution in [0.5, 0.6) is 0 Å². The summed E-state index contributed by atoms with van der Waals surface area (Å²) in [6.45, 7) is 2.34. The van der Waals surface area contributed by atoms with Gasteiger partial charge in [0.25, 0.3) is 0 Å².